The van der Waals surface area contributed by atoms with Gasteiger partial charge in [0.05, 0.1) is 4.92 Å². The van der Waals surface area contributed by atoms with Crippen LogP contribution in [0.1, 0.15) is 50.5 Å². The predicted octanol–water partition coefficient (Wildman–Crippen LogP) is 5.06. The second kappa shape index (κ2) is 6.91. The minimum atomic E-state index is -0.127. The molecular weight excluding hydrogens is 274 g/mol. The number of rotatable bonds is 4. The van der Waals surface area contributed by atoms with Crippen molar-refractivity contribution < 1.29 is 4.92 Å². The Bertz CT molecular complexity index is 595. The highest BCUT2D eigenvalue weighted by molar-refractivity contribution is 5.38. The third-order valence-electron chi connectivity index (χ3n) is 4.93. The highest BCUT2D eigenvalue weighted by atomic mass is 16.6. The van der Waals surface area contributed by atoms with Gasteiger partial charge in [0.2, 0.25) is 0 Å². The van der Waals surface area contributed by atoms with E-state index in [4.69, 9.17) is 0 Å². The summed E-state index contributed by atoms with van der Waals surface area (Å²) in [4.78, 5) is 11.6. The molecule has 1 aromatic carbocycles. The van der Waals surface area contributed by atoms with Crippen molar-refractivity contribution in [1.82, 2.24) is 0 Å². The summed E-state index contributed by atoms with van der Waals surface area (Å²) in [6.45, 7) is 0. The standard InChI is InChI=1S/C19H23NO2/c21-20(22)19-17(14-15-8-3-1-4-9-15)12-7-13-18(19)16-10-5-2-6-11-16/h1,3-4,8-9,12,16H,2,5-7,10-11,13-14H2. The maximum absolute atomic E-state index is 11.7. The van der Waals surface area contributed by atoms with Gasteiger partial charge in [0, 0.05) is 17.6 Å². The van der Waals surface area contributed by atoms with E-state index in [1.54, 1.807) is 0 Å². The molecule has 1 fully saturated rings. The first-order valence-corrected chi connectivity index (χ1v) is 8.36. The van der Waals surface area contributed by atoms with Crippen LogP contribution in [0.2, 0.25) is 0 Å². The first-order chi connectivity index (χ1) is 10.8. The first kappa shape index (κ1) is 15.0. The summed E-state index contributed by atoms with van der Waals surface area (Å²) < 4.78 is 0. The highest BCUT2D eigenvalue weighted by Crippen LogP contribution is 2.38. The van der Waals surface area contributed by atoms with Crippen molar-refractivity contribution in [3.63, 3.8) is 0 Å². The van der Waals surface area contributed by atoms with E-state index in [1.165, 1.54) is 19.3 Å². The van der Waals surface area contributed by atoms with E-state index in [9.17, 15) is 10.1 Å². The van der Waals surface area contributed by atoms with Crippen LogP contribution in [0.5, 0.6) is 0 Å². The van der Waals surface area contributed by atoms with Gasteiger partial charge in [0.25, 0.3) is 5.70 Å². The van der Waals surface area contributed by atoms with Crippen molar-refractivity contribution in [3.8, 4) is 0 Å². The second-order valence-corrected chi connectivity index (χ2v) is 6.40. The summed E-state index contributed by atoms with van der Waals surface area (Å²) in [5, 5.41) is 11.7. The van der Waals surface area contributed by atoms with Gasteiger partial charge in [-0.25, -0.2) is 0 Å². The molecule has 116 valence electrons. The monoisotopic (exact) mass is 297 g/mol. The second-order valence-electron chi connectivity index (χ2n) is 6.40. The predicted molar refractivity (Wildman–Crippen MR) is 88.1 cm³/mol. The molecule has 0 unspecified atom stereocenters. The zero-order valence-electron chi connectivity index (χ0n) is 13.0. The summed E-state index contributed by atoms with van der Waals surface area (Å²) in [5.74, 6) is 0.439. The van der Waals surface area contributed by atoms with Gasteiger partial charge in [0.1, 0.15) is 0 Å². The number of allylic oxidation sites excluding steroid dienone is 3. The largest absolute Gasteiger partial charge is 0.272 e. The van der Waals surface area contributed by atoms with Crippen LogP contribution < -0.4 is 0 Å². The summed E-state index contributed by atoms with van der Waals surface area (Å²) in [7, 11) is 0. The number of benzene rings is 1. The van der Waals surface area contributed by atoms with Crippen LogP contribution in [-0.2, 0) is 6.42 Å². The van der Waals surface area contributed by atoms with Gasteiger partial charge in [-0.2, -0.15) is 0 Å². The van der Waals surface area contributed by atoms with Crippen molar-refractivity contribution in [3.05, 3.63) is 68.9 Å². The van der Waals surface area contributed by atoms with Crippen LogP contribution in [0.15, 0.2) is 53.3 Å². The van der Waals surface area contributed by atoms with Crippen LogP contribution in [0.25, 0.3) is 0 Å². The molecule has 1 aromatic rings. The van der Waals surface area contributed by atoms with E-state index in [0.717, 1.165) is 42.4 Å². The molecule has 0 aliphatic heterocycles. The SMILES string of the molecule is O=[N+]([O-])C1=C(C2CCCCC2)CCC=C1Cc1ccccc1. The van der Waals surface area contributed by atoms with Crippen molar-refractivity contribution in [2.24, 2.45) is 5.92 Å². The van der Waals surface area contributed by atoms with E-state index < -0.39 is 0 Å². The molecule has 0 aromatic heterocycles. The summed E-state index contributed by atoms with van der Waals surface area (Å²) >= 11 is 0. The lowest BCUT2D eigenvalue weighted by molar-refractivity contribution is -0.423. The normalized spacial score (nSPS) is 19.9. The lowest BCUT2D eigenvalue weighted by Gasteiger charge is -2.26. The Morgan fingerprint density at radius 3 is 2.50 bits per heavy atom. The van der Waals surface area contributed by atoms with Crippen molar-refractivity contribution in [1.29, 1.82) is 0 Å². The minimum absolute atomic E-state index is 0.127. The Balaban J connectivity index is 1.89. The molecule has 2 aliphatic carbocycles. The van der Waals surface area contributed by atoms with E-state index in [0.29, 0.717) is 18.0 Å². The van der Waals surface area contributed by atoms with Crippen LogP contribution in [0.4, 0.5) is 0 Å². The lowest BCUT2D eigenvalue weighted by Crippen LogP contribution is -2.19. The number of nitrogens with zero attached hydrogens (tertiary/aromatic N) is 1. The lowest BCUT2D eigenvalue weighted by atomic mass is 9.78. The molecule has 2 aliphatic rings. The first-order valence-electron chi connectivity index (χ1n) is 8.36. The Labute approximate surface area is 131 Å². The summed E-state index contributed by atoms with van der Waals surface area (Å²) in [6.07, 6.45) is 10.6. The van der Waals surface area contributed by atoms with Gasteiger partial charge < -0.3 is 0 Å². The molecule has 0 heterocycles. The molecule has 0 N–H and O–H groups in total. The number of nitro groups is 1. The quantitative estimate of drug-likeness (QED) is 0.576. The molecule has 3 rings (SSSR count). The molecule has 0 spiro atoms. The minimum Gasteiger partial charge on any atom is -0.258 e. The van der Waals surface area contributed by atoms with E-state index in [-0.39, 0.29) is 4.92 Å². The zero-order valence-corrected chi connectivity index (χ0v) is 13.0. The van der Waals surface area contributed by atoms with Crippen molar-refractivity contribution in [2.45, 2.75) is 51.4 Å². The van der Waals surface area contributed by atoms with Crippen LogP contribution in [0.3, 0.4) is 0 Å². The Hall–Kier alpha value is -1.90. The van der Waals surface area contributed by atoms with Gasteiger partial charge >= 0.3 is 0 Å². The van der Waals surface area contributed by atoms with Gasteiger partial charge in [-0.05, 0) is 37.2 Å². The van der Waals surface area contributed by atoms with Crippen LogP contribution in [-0.4, -0.2) is 4.92 Å². The Morgan fingerprint density at radius 2 is 1.82 bits per heavy atom. The Kier molecular flexibility index (Phi) is 4.71. The molecule has 1 saturated carbocycles. The fraction of sp³-hybridized carbons (Fsp3) is 0.474. The molecule has 0 saturated heterocycles. The van der Waals surface area contributed by atoms with Gasteiger partial charge in [-0.1, -0.05) is 55.7 Å². The molecule has 0 atom stereocenters. The fourth-order valence-corrected chi connectivity index (χ4v) is 3.88. The van der Waals surface area contributed by atoms with Gasteiger partial charge in [-0.15, -0.1) is 0 Å². The van der Waals surface area contributed by atoms with E-state index in [2.05, 4.69) is 6.08 Å². The molecule has 22 heavy (non-hydrogen) atoms. The molecule has 0 radical (unpaired) electrons. The average Bonchev–Trinajstić information content (AvgIpc) is 2.56. The fourth-order valence-electron chi connectivity index (χ4n) is 3.88. The molecule has 0 amide bonds. The summed E-state index contributed by atoms with van der Waals surface area (Å²) in [5.41, 5.74) is 3.63. The van der Waals surface area contributed by atoms with Crippen molar-refractivity contribution >= 4 is 0 Å². The van der Waals surface area contributed by atoms with Crippen molar-refractivity contribution in [2.75, 3.05) is 0 Å². The maximum atomic E-state index is 11.7. The highest BCUT2D eigenvalue weighted by Gasteiger charge is 2.31. The third-order valence-corrected chi connectivity index (χ3v) is 4.93. The topological polar surface area (TPSA) is 43.1 Å². The van der Waals surface area contributed by atoms with E-state index in [1.807, 2.05) is 30.3 Å². The van der Waals surface area contributed by atoms with Crippen LogP contribution in [0, 0.1) is 16.0 Å². The average molecular weight is 297 g/mol. The molecule has 0 bridgehead atoms. The van der Waals surface area contributed by atoms with Gasteiger partial charge in [0.15, 0.2) is 0 Å². The van der Waals surface area contributed by atoms with E-state index >= 15 is 0 Å². The number of hydrogen-bond acceptors (Lipinski definition) is 2. The third kappa shape index (κ3) is 3.29. The Morgan fingerprint density at radius 1 is 1.09 bits per heavy atom. The number of hydrogen-bond donors (Lipinski definition) is 0. The molecule has 3 nitrogen and oxygen atoms in total. The smallest absolute Gasteiger partial charge is 0.258 e. The summed E-state index contributed by atoms with van der Waals surface area (Å²) in [6, 6.07) is 10.1. The van der Waals surface area contributed by atoms with Gasteiger partial charge in [-0.3, -0.25) is 10.1 Å². The maximum Gasteiger partial charge on any atom is 0.272 e. The molecule has 3 heteroatoms. The molecular formula is C19H23NO2. The zero-order chi connectivity index (χ0) is 15.4. The van der Waals surface area contributed by atoms with Crippen LogP contribution >= 0.6 is 0 Å².